The predicted octanol–water partition coefficient (Wildman–Crippen LogP) is 0.479. The number of alkyl halides is 1. The van der Waals surface area contributed by atoms with Crippen LogP contribution in [-0.4, -0.2) is 30.3 Å². The molecule has 4 heteroatoms. The first-order valence-corrected chi connectivity index (χ1v) is 3.91. The van der Waals surface area contributed by atoms with Gasteiger partial charge in [0.2, 0.25) is 5.91 Å². The molecule has 0 aromatic rings. The van der Waals surface area contributed by atoms with Crippen molar-refractivity contribution in [2.45, 2.75) is 26.9 Å². The van der Waals surface area contributed by atoms with E-state index in [2.05, 4.69) is 5.32 Å². The number of halogens is 1. The maximum atomic E-state index is 12.4. The van der Waals surface area contributed by atoms with E-state index in [-0.39, 0.29) is 12.5 Å². The van der Waals surface area contributed by atoms with E-state index in [0.717, 1.165) is 0 Å². The maximum Gasteiger partial charge on any atom is 0.225 e. The van der Waals surface area contributed by atoms with Crippen LogP contribution in [0.1, 0.15) is 20.8 Å². The van der Waals surface area contributed by atoms with Crippen LogP contribution in [0.15, 0.2) is 0 Å². The van der Waals surface area contributed by atoms with E-state index >= 15 is 0 Å². The third-order valence-electron chi connectivity index (χ3n) is 1.36. The summed E-state index contributed by atoms with van der Waals surface area (Å²) < 4.78 is 12.4. The van der Waals surface area contributed by atoms with Crippen LogP contribution in [0.25, 0.3) is 0 Å². The Balaban J connectivity index is 3.73. The van der Waals surface area contributed by atoms with Crippen molar-refractivity contribution in [3.63, 3.8) is 0 Å². The molecular formula is C8H16FNO2. The van der Waals surface area contributed by atoms with Crippen LogP contribution in [0.3, 0.4) is 0 Å². The molecular weight excluding hydrogens is 161 g/mol. The first kappa shape index (κ1) is 11.4. The molecule has 72 valence electrons. The molecule has 0 bridgehead atoms. The number of amides is 1. The number of aliphatic hydroxyl groups excluding tert-OH is 1. The summed E-state index contributed by atoms with van der Waals surface area (Å²) in [6, 6.07) is 0. The van der Waals surface area contributed by atoms with Gasteiger partial charge in [0.1, 0.15) is 6.17 Å². The first-order chi connectivity index (χ1) is 5.38. The largest absolute Gasteiger partial charge is 0.393 e. The molecule has 0 saturated heterocycles. The second-order valence-corrected chi connectivity index (χ2v) is 3.74. The topological polar surface area (TPSA) is 49.3 Å². The molecule has 0 saturated carbocycles. The van der Waals surface area contributed by atoms with Crippen molar-refractivity contribution >= 4 is 5.91 Å². The summed E-state index contributed by atoms with van der Waals surface area (Å²) >= 11 is 0. The molecule has 1 amide bonds. The molecule has 0 heterocycles. The smallest absolute Gasteiger partial charge is 0.225 e. The molecule has 1 atom stereocenters. The van der Waals surface area contributed by atoms with Gasteiger partial charge in [-0.3, -0.25) is 4.79 Å². The van der Waals surface area contributed by atoms with Gasteiger partial charge in [0.05, 0.1) is 13.2 Å². The fourth-order valence-electron chi connectivity index (χ4n) is 0.533. The number of carbonyl (C=O) groups excluding carboxylic acids is 1. The normalized spacial score (nSPS) is 14.1. The van der Waals surface area contributed by atoms with Gasteiger partial charge in [-0.15, -0.1) is 0 Å². The highest BCUT2D eigenvalue weighted by Crippen LogP contribution is 2.12. The zero-order valence-corrected chi connectivity index (χ0v) is 7.72. The van der Waals surface area contributed by atoms with Gasteiger partial charge in [0.15, 0.2) is 0 Å². The van der Waals surface area contributed by atoms with E-state index in [4.69, 9.17) is 5.11 Å². The van der Waals surface area contributed by atoms with Crippen LogP contribution in [-0.2, 0) is 4.79 Å². The van der Waals surface area contributed by atoms with Gasteiger partial charge in [-0.05, 0) is 0 Å². The zero-order valence-electron chi connectivity index (χ0n) is 7.72. The fraction of sp³-hybridized carbons (Fsp3) is 0.875. The molecule has 0 aliphatic carbocycles. The van der Waals surface area contributed by atoms with Crippen molar-refractivity contribution in [2.24, 2.45) is 5.41 Å². The Labute approximate surface area is 72.0 Å². The van der Waals surface area contributed by atoms with Crippen molar-refractivity contribution in [1.29, 1.82) is 0 Å². The van der Waals surface area contributed by atoms with Crippen molar-refractivity contribution < 1.29 is 14.3 Å². The molecule has 0 aromatic heterocycles. The third kappa shape index (κ3) is 4.28. The molecule has 0 spiro atoms. The quantitative estimate of drug-likeness (QED) is 0.658. The van der Waals surface area contributed by atoms with Gasteiger partial charge < -0.3 is 10.4 Å². The zero-order chi connectivity index (χ0) is 9.78. The van der Waals surface area contributed by atoms with E-state index in [0.29, 0.717) is 0 Å². The standard InChI is InChI=1S/C8H16FNO2/c1-8(2,3)7(12)10-4-6(9)5-11/h6,11H,4-5H2,1-3H3,(H,10,12). The third-order valence-corrected chi connectivity index (χ3v) is 1.36. The lowest BCUT2D eigenvalue weighted by atomic mass is 9.96. The molecule has 3 nitrogen and oxygen atoms in total. The number of aliphatic hydroxyl groups is 1. The monoisotopic (exact) mass is 177 g/mol. The second kappa shape index (κ2) is 4.40. The Bertz CT molecular complexity index is 154. The fourth-order valence-corrected chi connectivity index (χ4v) is 0.533. The van der Waals surface area contributed by atoms with Crippen LogP contribution in [0.2, 0.25) is 0 Å². The van der Waals surface area contributed by atoms with Gasteiger partial charge in [0.25, 0.3) is 0 Å². The number of hydrogen-bond acceptors (Lipinski definition) is 2. The van der Waals surface area contributed by atoms with Crippen LogP contribution in [0, 0.1) is 5.41 Å². The Morgan fingerprint density at radius 1 is 1.58 bits per heavy atom. The van der Waals surface area contributed by atoms with Crippen LogP contribution in [0.5, 0.6) is 0 Å². The molecule has 0 radical (unpaired) electrons. The molecule has 0 aromatic carbocycles. The predicted molar refractivity (Wildman–Crippen MR) is 44.4 cm³/mol. The van der Waals surface area contributed by atoms with Crippen molar-refractivity contribution in [2.75, 3.05) is 13.2 Å². The maximum absolute atomic E-state index is 12.4. The van der Waals surface area contributed by atoms with E-state index < -0.39 is 18.2 Å². The number of hydrogen-bond donors (Lipinski definition) is 2. The van der Waals surface area contributed by atoms with Crippen LogP contribution in [0.4, 0.5) is 4.39 Å². The average Bonchev–Trinajstić information content (AvgIpc) is 1.97. The molecule has 0 rings (SSSR count). The van der Waals surface area contributed by atoms with Crippen LogP contribution >= 0.6 is 0 Å². The van der Waals surface area contributed by atoms with Gasteiger partial charge in [-0.2, -0.15) is 0 Å². The molecule has 0 aliphatic heterocycles. The summed E-state index contributed by atoms with van der Waals surface area (Å²) in [6.45, 7) is 4.56. The van der Waals surface area contributed by atoms with Gasteiger partial charge in [-0.25, -0.2) is 4.39 Å². The van der Waals surface area contributed by atoms with Gasteiger partial charge in [0, 0.05) is 5.41 Å². The highest BCUT2D eigenvalue weighted by atomic mass is 19.1. The highest BCUT2D eigenvalue weighted by molar-refractivity contribution is 5.81. The summed E-state index contributed by atoms with van der Waals surface area (Å²) in [5, 5.41) is 10.7. The lowest BCUT2D eigenvalue weighted by Crippen LogP contribution is -2.39. The van der Waals surface area contributed by atoms with Gasteiger partial charge in [-0.1, -0.05) is 20.8 Å². The SMILES string of the molecule is CC(C)(C)C(=O)NCC(F)CO. The Morgan fingerprint density at radius 3 is 2.42 bits per heavy atom. The summed E-state index contributed by atoms with van der Waals surface area (Å²) in [4.78, 5) is 11.1. The lowest BCUT2D eigenvalue weighted by molar-refractivity contribution is -0.128. The molecule has 0 fully saturated rings. The minimum atomic E-state index is -1.36. The van der Waals surface area contributed by atoms with Crippen molar-refractivity contribution in [1.82, 2.24) is 5.32 Å². The van der Waals surface area contributed by atoms with Gasteiger partial charge >= 0.3 is 0 Å². The molecule has 2 N–H and O–H groups in total. The Kier molecular flexibility index (Phi) is 4.17. The summed E-state index contributed by atoms with van der Waals surface area (Å²) in [7, 11) is 0. The summed E-state index contributed by atoms with van der Waals surface area (Å²) in [5.41, 5.74) is -0.505. The minimum Gasteiger partial charge on any atom is -0.393 e. The van der Waals surface area contributed by atoms with Crippen molar-refractivity contribution in [3.05, 3.63) is 0 Å². The minimum absolute atomic E-state index is 0.118. The number of nitrogens with one attached hydrogen (secondary N) is 1. The average molecular weight is 177 g/mol. The Hall–Kier alpha value is -0.640. The summed E-state index contributed by atoms with van der Waals surface area (Å²) in [5.74, 6) is -0.210. The highest BCUT2D eigenvalue weighted by Gasteiger charge is 2.21. The molecule has 1 unspecified atom stereocenters. The number of carbonyl (C=O) groups is 1. The van der Waals surface area contributed by atoms with Crippen molar-refractivity contribution in [3.8, 4) is 0 Å². The van der Waals surface area contributed by atoms with Crippen LogP contribution < -0.4 is 5.32 Å². The van der Waals surface area contributed by atoms with E-state index in [1.807, 2.05) is 0 Å². The summed E-state index contributed by atoms with van der Waals surface area (Å²) in [6.07, 6.45) is -1.36. The Morgan fingerprint density at radius 2 is 2.08 bits per heavy atom. The molecule has 12 heavy (non-hydrogen) atoms. The number of rotatable bonds is 3. The first-order valence-electron chi connectivity index (χ1n) is 3.91. The van der Waals surface area contributed by atoms with E-state index in [1.54, 1.807) is 20.8 Å². The van der Waals surface area contributed by atoms with E-state index in [1.165, 1.54) is 0 Å². The second-order valence-electron chi connectivity index (χ2n) is 3.74. The molecule has 0 aliphatic rings. The lowest BCUT2D eigenvalue weighted by Gasteiger charge is -2.18. The van der Waals surface area contributed by atoms with E-state index in [9.17, 15) is 9.18 Å².